The van der Waals surface area contributed by atoms with Gasteiger partial charge in [-0.2, -0.15) is 0 Å². The molecule has 0 bridgehead atoms. The van der Waals surface area contributed by atoms with Gasteiger partial charge in [0.1, 0.15) is 0 Å². The third-order valence-electron chi connectivity index (χ3n) is 4.83. The van der Waals surface area contributed by atoms with E-state index >= 15 is 0 Å². The van der Waals surface area contributed by atoms with E-state index in [9.17, 15) is 4.79 Å². The van der Waals surface area contributed by atoms with Gasteiger partial charge in [0.05, 0.1) is 6.04 Å². The molecule has 2 atom stereocenters. The largest absolute Gasteiger partial charge is 0.349 e. The molecule has 1 aromatic carbocycles. The lowest BCUT2D eigenvalue weighted by Crippen LogP contribution is -2.34. The van der Waals surface area contributed by atoms with Crippen molar-refractivity contribution >= 4 is 21.8 Å². The fourth-order valence-electron chi connectivity index (χ4n) is 3.34. The highest BCUT2D eigenvalue weighted by atomic mass is 79.9. The summed E-state index contributed by atoms with van der Waals surface area (Å²) in [5.41, 5.74) is 1.47. The Morgan fingerprint density at radius 2 is 2.00 bits per heavy atom. The first-order chi connectivity index (χ1) is 9.61. The SMILES string of the molecule is C[C@@H](NC(=O)C1CC12CCNCC2)c1ccc(Br)cc1. The molecule has 2 N–H and O–H groups in total. The second kappa shape index (κ2) is 5.49. The van der Waals surface area contributed by atoms with Crippen LogP contribution in [0.4, 0.5) is 0 Å². The van der Waals surface area contributed by atoms with Crippen molar-refractivity contribution in [2.45, 2.75) is 32.2 Å². The van der Waals surface area contributed by atoms with Crippen LogP contribution in [0.2, 0.25) is 0 Å². The van der Waals surface area contributed by atoms with E-state index < -0.39 is 0 Å². The summed E-state index contributed by atoms with van der Waals surface area (Å²) in [6.07, 6.45) is 3.38. The first-order valence-electron chi connectivity index (χ1n) is 7.37. The molecule has 1 saturated heterocycles. The maximum absolute atomic E-state index is 12.4. The minimum Gasteiger partial charge on any atom is -0.349 e. The van der Waals surface area contributed by atoms with Gasteiger partial charge in [-0.1, -0.05) is 28.1 Å². The van der Waals surface area contributed by atoms with Gasteiger partial charge >= 0.3 is 0 Å². The lowest BCUT2D eigenvalue weighted by Gasteiger charge is -2.23. The van der Waals surface area contributed by atoms with E-state index in [-0.39, 0.29) is 17.9 Å². The van der Waals surface area contributed by atoms with Crippen LogP contribution in [0.15, 0.2) is 28.7 Å². The molecule has 2 aliphatic rings. The first-order valence-corrected chi connectivity index (χ1v) is 8.17. The standard InChI is InChI=1S/C16H21BrN2O/c1-11(12-2-4-13(17)5-3-12)19-15(20)14-10-16(14)6-8-18-9-7-16/h2-5,11,14,18H,6-10H2,1H3,(H,19,20)/t11-,14?/m1/s1. The molecule has 4 heteroatoms. The number of hydrogen-bond donors (Lipinski definition) is 2. The van der Waals surface area contributed by atoms with Crippen molar-refractivity contribution in [1.82, 2.24) is 10.6 Å². The molecule has 1 amide bonds. The Bertz CT molecular complexity index is 494. The van der Waals surface area contributed by atoms with Crippen LogP contribution in [-0.2, 0) is 4.79 Å². The van der Waals surface area contributed by atoms with Gasteiger partial charge in [0.2, 0.25) is 5.91 Å². The smallest absolute Gasteiger partial charge is 0.224 e. The van der Waals surface area contributed by atoms with Crippen LogP contribution in [0.25, 0.3) is 0 Å². The number of halogens is 1. The van der Waals surface area contributed by atoms with Gasteiger partial charge in [0.15, 0.2) is 0 Å². The predicted octanol–water partition coefficient (Wildman–Crippen LogP) is 3.02. The van der Waals surface area contributed by atoms with Crippen molar-refractivity contribution in [1.29, 1.82) is 0 Å². The molecule has 2 fully saturated rings. The molecule has 1 saturated carbocycles. The zero-order valence-corrected chi connectivity index (χ0v) is 13.4. The van der Waals surface area contributed by atoms with Gasteiger partial charge in [-0.25, -0.2) is 0 Å². The van der Waals surface area contributed by atoms with E-state index in [0.717, 1.165) is 42.4 Å². The molecule has 20 heavy (non-hydrogen) atoms. The number of rotatable bonds is 3. The average Bonchev–Trinajstić information content (AvgIpc) is 3.14. The number of nitrogens with one attached hydrogen (secondary N) is 2. The minimum absolute atomic E-state index is 0.0787. The van der Waals surface area contributed by atoms with Crippen molar-refractivity contribution in [2.75, 3.05) is 13.1 Å². The minimum atomic E-state index is 0.0787. The van der Waals surface area contributed by atoms with Gasteiger partial charge in [-0.05, 0) is 62.4 Å². The van der Waals surface area contributed by atoms with E-state index in [1.807, 2.05) is 12.1 Å². The predicted molar refractivity (Wildman–Crippen MR) is 83.3 cm³/mol. The topological polar surface area (TPSA) is 41.1 Å². The second-order valence-electron chi connectivity index (χ2n) is 6.15. The van der Waals surface area contributed by atoms with Crippen molar-refractivity contribution in [3.63, 3.8) is 0 Å². The summed E-state index contributed by atoms with van der Waals surface area (Å²) in [6, 6.07) is 8.23. The maximum Gasteiger partial charge on any atom is 0.224 e. The molecule has 1 unspecified atom stereocenters. The van der Waals surface area contributed by atoms with Crippen LogP contribution in [0.1, 0.15) is 37.8 Å². The van der Waals surface area contributed by atoms with Gasteiger partial charge in [-0.15, -0.1) is 0 Å². The molecule has 1 heterocycles. The Kier molecular flexibility index (Phi) is 3.87. The Morgan fingerprint density at radius 3 is 2.65 bits per heavy atom. The lowest BCUT2D eigenvalue weighted by atomic mass is 9.91. The second-order valence-corrected chi connectivity index (χ2v) is 7.07. The molecule has 1 aromatic rings. The molecule has 1 aliphatic heterocycles. The molecular formula is C16H21BrN2O. The maximum atomic E-state index is 12.4. The van der Waals surface area contributed by atoms with E-state index in [2.05, 4.69) is 45.6 Å². The van der Waals surface area contributed by atoms with Crippen LogP contribution in [0, 0.1) is 11.3 Å². The summed E-state index contributed by atoms with van der Waals surface area (Å²) in [5, 5.41) is 6.55. The number of carbonyl (C=O) groups is 1. The number of piperidine rings is 1. The highest BCUT2D eigenvalue weighted by Crippen LogP contribution is 2.58. The van der Waals surface area contributed by atoms with Crippen molar-refractivity contribution in [3.8, 4) is 0 Å². The zero-order chi connectivity index (χ0) is 14.2. The first kappa shape index (κ1) is 14.1. The Balaban J connectivity index is 1.58. The van der Waals surface area contributed by atoms with E-state index in [1.165, 1.54) is 0 Å². The van der Waals surface area contributed by atoms with Crippen molar-refractivity contribution in [2.24, 2.45) is 11.3 Å². The molecule has 1 aliphatic carbocycles. The van der Waals surface area contributed by atoms with Gasteiger partial charge in [0.25, 0.3) is 0 Å². The lowest BCUT2D eigenvalue weighted by molar-refractivity contribution is -0.123. The van der Waals surface area contributed by atoms with Crippen LogP contribution in [-0.4, -0.2) is 19.0 Å². The fourth-order valence-corrected chi connectivity index (χ4v) is 3.61. The number of benzene rings is 1. The summed E-state index contributed by atoms with van der Waals surface area (Å²) in [5.74, 6) is 0.477. The van der Waals surface area contributed by atoms with Crippen LogP contribution < -0.4 is 10.6 Å². The Hall–Kier alpha value is -0.870. The monoisotopic (exact) mass is 336 g/mol. The van der Waals surface area contributed by atoms with Crippen LogP contribution in [0.3, 0.4) is 0 Å². The van der Waals surface area contributed by atoms with E-state index in [1.54, 1.807) is 0 Å². The summed E-state index contributed by atoms with van der Waals surface area (Å²) in [6.45, 7) is 4.18. The van der Waals surface area contributed by atoms with E-state index in [0.29, 0.717) is 5.41 Å². The van der Waals surface area contributed by atoms with E-state index in [4.69, 9.17) is 0 Å². The number of amides is 1. The molecular weight excluding hydrogens is 316 g/mol. The normalized spacial score (nSPS) is 25.2. The summed E-state index contributed by atoms with van der Waals surface area (Å²) < 4.78 is 1.07. The highest BCUT2D eigenvalue weighted by molar-refractivity contribution is 9.10. The quantitative estimate of drug-likeness (QED) is 0.890. The number of hydrogen-bond acceptors (Lipinski definition) is 2. The number of carbonyl (C=O) groups excluding carboxylic acids is 1. The highest BCUT2D eigenvalue weighted by Gasteiger charge is 2.57. The average molecular weight is 337 g/mol. The molecule has 108 valence electrons. The van der Waals surface area contributed by atoms with Crippen LogP contribution >= 0.6 is 15.9 Å². The third kappa shape index (κ3) is 2.77. The molecule has 3 nitrogen and oxygen atoms in total. The Labute approximate surface area is 128 Å². The molecule has 1 spiro atoms. The van der Waals surface area contributed by atoms with Gasteiger partial charge < -0.3 is 10.6 Å². The molecule has 3 rings (SSSR count). The van der Waals surface area contributed by atoms with Gasteiger partial charge in [-0.3, -0.25) is 4.79 Å². The summed E-state index contributed by atoms with van der Waals surface area (Å²) >= 11 is 3.43. The fraction of sp³-hybridized carbons (Fsp3) is 0.562. The third-order valence-corrected chi connectivity index (χ3v) is 5.36. The molecule has 0 radical (unpaired) electrons. The molecule has 0 aromatic heterocycles. The van der Waals surface area contributed by atoms with Crippen LogP contribution in [0.5, 0.6) is 0 Å². The summed E-state index contributed by atoms with van der Waals surface area (Å²) in [4.78, 5) is 12.4. The summed E-state index contributed by atoms with van der Waals surface area (Å²) in [7, 11) is 0. The van der Waals surface area contributed by atoms with Gasteiger partial charge in [0, 0.05) is 10.4 Å². The van der Waals surface area contributed by atoms with Crippen molar-refractivity contribution in [3.05, 3.63) is 34.3 Å². The van der Waals surface area contributed by atoms with Crippen molar-refractivity contribution < 1.29 is 4.79 Å². The Morgan fingerprint density at radius 1 is 1.35 bits per heavy atom. The zero-order valence-electron chi connectivity index (χ0n) is 11.8.